The van der Waals surface area contributed by atoms with Crippen molar-refractivity contribution in [3.8, 4) is 5.75 Å². The van der Waals surface area contributed by atoms with Gasteiger partial charge in [0.1, 0.15) is 12.3 Å². The summed E-state index contributed by atoms with van der Waals surface area (Å²) >= 11 is 0. The topological polar surface area (TPSA) is 75.7 Å². The van der Waals surface area contributed by atoms with Crippen LogP contribution >= 0.6 is 0 Å². The summed E-state index contributed by atoms with van der Waals surface area (Å²) in [6.07, 6.45) is -4.68. The van der Waals surface area contributed by atoms with Crippen molar-refractivity contribution in [2.45, 2.75) is 24.9 Å². The first kappa shape index (κ1) is 25.1. The van der Waals surface area contributed by atoms with Crippen molar-refractivity contribution in [1.29, 1.82) is 0 Å². The van der Waals surface area contributed by atoms with Gasteiger partial charge in [0.25, 0.3) is 10.0 Å². The van der Waals surface area contributed by atoms with Gasteiger partial charge in [0.05, 0.1) is 22.8 Å². The average Bonchev–Trinajstić information content (AvgIpc) is 2.78. The molecule has 0 aliphatic heterocycles. The number of benzene rings is 3. The minimum Gasteiger partial charge on any atom is -0.494 e. The molecule has 1 N–H and O–H groups in total. The van der Waals surface area contributed by atoms with Gasteiger partial charge < -0.3 is 10.1 Å². The van der Waals surface area contributed by atoms with E-state index in [9.17, 15) is 26.4 Å². The zero-order valence-corrected chi connectivity index (χ0v) is 19.3. The molecule has 0 aliphatic rings. The fourth-order valence-electron chi connectivity index (χ4n) is 3.25. The van der Waals surface area contributed by atoms with Gasteiger partial charge in [-0.1, -0.05) is 24.3 Å². The molecule has 180 valence electrons. The van der Waals surface area contributed by atoms with Gasteiger partial charge >= 0.3 is 6.18 Å². The Bertz CT molecular complexity index is 1260. The molecule has 10 heteroatoms. The Hall–Kier alpha value is -3.53. The van der Waals surface area contributed by atoms with Crippen LogP contribution in [-0.4, -0.2) is 27.5 Å². The van der Waals surface area contributed by atoms with Gasteiger partial charge in [-0.15, -0.1) is 0 Å². The number of rotatable bonds is 8. The number of carbonyl (C=O) groups is 1. The number of alkyl halides is 3. The summed E-state index contributed by atoms with van der Waals surface area (Å²) in [5, 5.41) is 2.57. The molecular weight excluding hydrogens is 469 g/mol. The molecular formula is C24H23F3N2O4S. The predicted molar refractivity (Wildman–Crippen MR) is 123 cm³/mol. The summed E-state index contributed by atoms with van der Waals surface area (Å²) < 4.78 is 72.8. The smallest absolute Gasteiger partial charge is 0.416 e. The molecule has 0 heterocycles. The Morgan fingerprint density at radius 1 is 1.00 bits per heavy atom. The molecule has 3 rings (SSSR count). The lowest BCUT2D eigenvalue weighted by Crippen LogP contribution is -2.38. The Morgan fingerprint density at radius 2 is 1.68 bits per heavy atom. The average molecular weight is 493 g/mol. The zero-order chi connectivity index (χ0) is 24.9. The van der Waals surface area contributed by atoms with Gasteiger partial charge in [-0.25, -0.2) is 8.42 Å². The van der Waals surface area contributed by atoms with Crippen LogP contribution in [-0.2, 0) is 21.0 Å². The molecule has 0 aliphatic carbocycles. The molecule has 0 spiro atoms. The molecule has 34 heavy (non-hydrogen) atoms. The number of nitrogens with one attached hydrogen (secondary N) is 1. The van der Waals surface area contributed by atoms with E-state index in [4.69, 9.17) is 4.74 Å². The molecule has 0 saturated heterocycles. The van der Waals surface area contributed by atoms with Crippen molar-refractivity contribution in [1.82, 2.24) is 0 Å². The fraction of sp³-hybridized carbons (Fsp3) is 0.208. The highest BCUT2D eigenvalue weighted by molar-refractivity contribution is 7.93. The SMILES string of the molecule is CCOc1ccc(NC(=O)CN(c2cccc(C(F)(F)F)c2)S(=O)(=O)c2ccccc2C)cc1. The van der Waals surface area contributed by atoms with E-state index in [2.05, 4.69) is 5.32 Å². The van der Waals surface area contributed by atoms with Crippen LogP contribution in [0.1, 0.15) is 18.1 Å². The van der Waals surface area contributed by atoms with Crippen molar-refractivity contribution in [2.75, 3.05) is 22.8 Å². The zero-order valence-electron chi connectivity index (χ0n) is 18.5. The standard InChI is InChI=1S/C24H23F3N2O4S/c1-3-33-21-13-11-19(12-14-21)28-23(30)16-29(20-9-6-8-18(15-20)24(25,26)27)34(31,32)22-10-5-4-7-17(22)2/h4-15H,3,16H2,1-2H3,(H,28,30). The van der Waals surface area contributed by atoms with Crippen LogP contribution in [0.4, 0.5) is 24.5 Å². The summed E-state index contributed by atoms with van der Waals surface area (Å²) in [6, 6.07) is 16.3. The molecule has 0 unspecified atom stereocenters. The first-order chi connectivity index (χ1) is 16.0. The summed E-state index contributed by atoms with van der Waals surface area (Å²) in [5.74, 6) is -0.132. The second-order valence-corrected chi connectivity index (χ2v) is 9.16. The van der Waals surface area contributed by atoms with Crippen LogP contribution < -0.4 is 14.4 Å². The van der Waals surface area contributed by atoms with E-state index in [1.165, 1.54) is 18.2 Å². The van der Waals surface area contributed by atoms with Gasteiger partial charge in [-0.2, -0.15) is 13.2 Å². The van der Waals surface area contributed by atoms with Crippen LogP contribution in [0.2, 0.25) is 0 Å². The van der Waals surface area contributed by atoms with Gasteiger partial charge in [0.15, 0.2) is 0 Å². The lowest BCUT2D eigenvalue weighted by molar-refractivity contribution is -0.137. The summed E-state index contributed by atoms with van der Waals surface area (Å²) in [7, 11) is -4.36. The summed E-state index contributed by atoms with van der Waals surface area (Å²) in [5.41, 5.74) is -0.529. The maximum atomic E-state index is 13.5. The number of hydrogen-bond donors (Lipinski definition) is 1. The van der Waals surface area contributed by atoms with Crippen molar-refractivity contribution < 1.29 is 31.1 Å². The predicted octanol–water partition coefficient (Wildman–Crippen LogP) is 5.25. The molecule has 0 radical (unpaired) electrons. The van der Waals surface area contributed by atoms with Crippen molar-refractivity contribution in [3.63, 3.8) is 0 Å². The number of aryl methyl sites for hydroxylation is 1. The monoisotopic (exact) mass is 492 g/mol. The molecule has 0 atom stereocenters. The highest BCUT2D eigenvalue weighted by atomic mass is 32.2. The van der Waals surface area contributed by atoms with Crippen LogP contribution in [0.5, 0.6) is 5.75 Å². The van der Waals surface area contributed by atoms with E-state index < -0.39 is 34.2 Å². The normalized spacial score (nSPS) is 11.7. The third-order valence-corrected chi connectivity index (χ3v) is 6.79. The number of carbonyl (C=O) groups excluding carboxylic acids is 1. The van der Waals surface area contributed by atoms with Crippen LogP contribution in [0.25, 0.3) is 0 Å². The minimum atomic E-state index is -4.68. The second-order valence-electron chi connectivity index (χ2n) is 7.33. The number of sulfonamides is 1. The van der Waals surface area contributed by atoms with Crippen LogP contribution in [0.15, 0.2) is 77.7 Å². The van der Waals surface area contributed by atoms with Crippen molar-refractivity contribution in [3.05, 3.63) is 83.9 Å². The largest absolute Gasteiger partial charge is 0.494 e. The number of anilines is 2. The lowest BCUT2D eigenvalue weighted by Gasteiger charge is -2.25. The maximum absolute atomic E-state index is 13.5. The summed E-state index contributed by atoms with van der Waals surface area (Å²) in [4.78, 5) is 12.7. The van der Waals surface area contributed by atoms with Crippen LogP contribution in [0.3, 0.4) is 0 Å². The third kappa shape index (κ3) is 5.88. The van der Waals surface area contributed by atoms with Gasteiger partial charge in [-0.3, -0.25) is 9.10 Å². The first-order valence-electron chi connectivity index (χ1n) is 10.3. The van der Waals surface area contributed by atoms with Crippen molar-refractivity contribution >= 4 is 27.3 Å². The Morgan fingerprint density at radius 3 is 2.29 bits per heavy atom. The molecule has 0 bridgehead atoms. The Labute approximate surface area is 196 Å². The molecule has 6 nitrogen and oxygen atoms in total. The van der Waals surface area contributed by atoms with E-state index in [0.29, 0.717) is 34.0 Å². The van der Waals surface area contributed by atoms with E-state index in [0.717, 1.165) is 12.1 Å². The number of hydrogen-bond acceptors (Lipinski definition) is 4. The number of halogens is 3. The van der Waals surface area contributed by atoms with E-state index in [1.807, 2.05) is 6.92 Å². The quantitative estimate of drug-likeness (QED) is 0.466. The highest BCUT2D eigenvalue weighted by Gasteiger charge is 2.33. The minimum absolute atomic E-state index is 0.110. The molecule has 0 saturated carbocycles. The third-order valence-electron chi connectivity index (χ3n) is 4.86. The molecule has 1 amide bonds. The van der Waals surface area contributed by atoms with Gasteiger partial charge in [0.2, 0.25) is 5.91 Å². The van der Waals surface area contributed by atoms with Crippen molar-refractivity contribution in [2.24, 2.45) is 0 Å². The lowest BCUT2D eigenvalue weighted by atomic mass is 10.2. The number of nitrogens with zero attached hydrogens (tertiary/aromatic N) is 1. The van der Waals surface area contributed by atoms with Gasteiger partial charge in [-0.05, 0) is 67.9 Å². The number of ether oxygens (including phenoxy) is 1. The first-order valence-corrected chi connectivity index (χ1v) is 11.7. The Balaban J connectivity index is 1.97. The van der Waals surface area contributed by atoms with E-state index in [-0.39, 0.29) is 10.6 Å². The molecule has 0 fully saturated rings. The van der Waals surface area contributed by atoms with E-state index in [1.54, 1.807) is 43.3 Å². The second kappa shape index (κ2) is 10.2. The number of amides is 1. The summed E-state index contributed by atoms with van der Waals surface area (Å²) in [6.45, 7) is 3.13. The molecule has 3 aromatic rings. The molecule has 0 aromatic heterocycles. The van der Waals surface area contributed by atoms with Crippen LogP contribution in [0, 0.1) is 6.92 Å². The Kier molecular flexibility index (Phi) is 7.51. The fourth-order valence-corrected chi connectivity index (χ4v) is 4.89. The van der Waals surface area contributed by atoms with E-state index >= 15 is 0 Å². The maximum Gasteiger partial charge on any atom is 0.416 e. The molecule has 3 aromatic carbocycles. The van der Waals surface area contributed by atoms with Gasteiger partial charge in [0, 0.05) is 5.69 Å². The highest BCUT2D eigenvalue weighted by Crippen LogP contribution is 2.33.